The van der Waals surface area contributed by atoms with Crippen molar-refractivity contribution in [1.29, 1.82) is 0 Å². The lowest BCUT2D eigenvalue weighted by Gasteiger charge is -2.41. The first-order valence-corrected chi connectivity index (χ1v) is 16.5. The van der Waals surface area contributed by atoms with E-state index in [-0.39, 0.29) is 23.2 Å². The highest BCUT2D eigenvalue weighted by molar-refractivity contribution is 8.01. The van der Waals surface area contributed by atoms with E-state index in [1.54, 1.807) is 11.8 Å². The number of ether oxygens (including phenoxy) is 1. The molecule has 1 fully saturated rings. The molecule has 0 aromatic heterocycles. The molecule has 0 aliphatic carbocycles. The van der Waals surface area contributed by atoms with Gasteiger partial charge in [-0.05, 0) is 62.9 Å². The molecule has 0 spiro atoms. The Kier molecular flexibility index (Phi) is 10.8. The molecule has 1 aromatic carbocycles. The zero-order chi connectivity index (χ0) is 24.5. The maximum atomic E-state index is 13.2. The van der Waals surface area contributed by atoms with Crippen molar-refractivity contribution in [1.82, 2.24) is 0 Å². The van der Waals surface area contributed by atoms with Gasteiger partial charge in [0.25, 0.3) is 0 Å². The molecule has 1 aliphatic heterocycles. The van der Waals surface area contributed by atoms with Crippen LogP contribution in [0.25, 0.3) is 0 Å². The lowest BCUT2D eigenvalue weighted by Crippen LogP contribution is -2.46. The number of hydrogen-bond acceptors (Lipinski definition) is 4. The topological polar surface area (TPSA) is 35.5 Å². The molecule has 3 atom stereocenters. The zero-order valence-corrected chi connectivity index (χ0v) is 23.6. The van der Waals surface area contributed by atoms with Crippen LogP contribution in [0.3, 0.4) is 0 Å². The largest absolute Gasteiger partial charge is 0.462 e. The summed E-state index contributed by atoms with van der Waals surface area (Å²) in [7, 11) is -1.96. The lowest BCUT2D eigenvalue weighted by molar-refractivity contribution is -0.143. The summed E-state index contributed by atoms with van der Waals surface area (Å²) in [6.07, 6.45) is 11.7. The quantitative estimate of drug-likeness (QED) is 0.113. The molecular weight excluding hydrogens is 444 g/mol. The van der Waals surface area contributed by atoms with Crippen LogP contribution < -0.4 is 0 Å². The summed E-state index contributed by atoms with van der Waals surface area (Å²) in [5, 5.41) is 0.138. The number of carbonyl (C=O) groups is 1. The highest BCUT2D eigenvalue weighted by Gasteiger charge is 2.51. The van der Waals surface area contributed by atoms with Gasteiger partial charge in [-0.25, -0.2) is 0 Å². The third kappa shape index (κ3) is 8.59. The van der Waals surface area contributed by atoms with Crippen molar-refractivity contribution in [3.63, 3.8) is 0 Å². The minimum Gasteiger partial charge on any atom is -0.462 e. The third-order valence-corrected chi connectivity index (χ3v) is 13.0. The summed E-state index contributed by atoms with van der Waals surface area (Å²) < 4.78 is 12.1. The predicted octanol–water partition coefficient (Wildman–Crippen LogP) is 8.55. The summed E-state index contributed by atoms with van der Waals surface area (Å²) in [6, 6.07) is 10.3. The van der Waals surface area contributed by atoms with Crippen molar-refractivity contribution in [2.24, 2.45) is 0 Å². The van der Waals surface area contributed by atoms with Gasteiger partial charge in [0.05, 0.1) is 0 Å². The van der Waals surface area contributed by atoms with Gasteiger partial charge < -0.3 is 9.16 Å². The fraction of sp³-hybridized carbons (Fsp3) is 0.679. The number of hydrogen-bond donors (Lipinski definition) is 0. The fourth-order valence-electron chi connectivity index (χ4n) is 4.24. The smallest absolute Gasteiger partial charge is 0.323 e. The molecule has 3 nitrogen and oxygen atoms in total. The Morgan fingerprint density at radius 3 is 2.39 bits per heavy atom. The standard InChI is InChI=1S/C28H46O3SSi/c1-8-9-10-11-12-13-15-18-24(31-33(6,7)27(3,4)5)22-28(21-23(2)30-26(28)29)32-25-19-16-14-17-20-25/h8,14,16-17,19-20,23-24H,1,9-13,15,18,21-22H2,2-7H3/t23-,24+,28?/m0/s1. The van der Waals surface area contributed by atoms with Crippen LogP contribution in [0.4, 0.5) is 0 Å². The maximum absolute atomic E-state index is 13.2. The first-order valence-electron chi connectivity index (χ1n) is 12.7. The van der Waals surface area contributed by atoms with Gasteiger partial charge in [0.15, 0.2) is 8.32 Å². The van der Waals surface area contributed by atoms with Crippen LogP contribution in [0.2, 0.25) is 18.1 Å². The maximum Gasteiger partial charge on any atom is 0.323 e. The van der Waals surface area contributed by atoms with Gasteiger partial charge in [0.1, 0.15) is 10.9 Å². The van der Waals surface area contributed by atoms with Gasteiger partial charge in [0.2, 0.25) is 0 Å². The van der Waals surface area contributed by atoms with Gasteiger partial charge >= 0.3 is 5.97 Å². The summed E-state index contributed by atoms with van der Waals surface area (Å²) in [5.41, 5.74) is 0. The predicted molar refractivity (Wildman–Crippen MR) is 144 cm³/mol. The van der Waals surface area contributed by atoms with Gasteiger partial charge in [0, 0.05) is 17.4 Å². The Balaban J connectivity index is 2.16. The van der Waals surface area contributed by atoms with E-state index in [1.165, 1.54) is 25.7 Å². The van der Waals surface area contributed by atoms with Gasteiger partial charge in [-0.3, -0.25) is 4.79 Å². The summed E-state index contributed by atoms with van der Waals surface area (Å²) >= 11 is 1.68. The molecule has 0 N–H and O–H groups in total. The highest BCUT2D eigenvalue weighted by Crippen LogP contribution is 2.47. The number of allylic oxidation sites excluding steroid dienone is 1. The van der Waals surface area contributed by atoms with Gasteiger partial charge in [-0.15, -0.1) is 18.3 Å². The van der Waals surface area contributed by atoms with Crippen molar-refractivity contribution in [2.45, 2.75) is 125 Å². The summed E-state index contributed by atoms with van der Waals surface area (Å²) in [6.45, 7) is 17.3. The molecule has 1 aromatic rings. The Morgan fingerprint density at radius 2 is 1.82 bits per heavy atom. The van der Waals surface area contributed by atoms with Crippen LogP contribution in [0, 0.1) is 0 Å². The first kappa shape index (κ1) is 28.2. The first-order chi connectivity index (χ1) is 15.5. The molecule has 0 saturated carbocycles. The molecule has 1 unspecified atom stereocenters. The molecule has 1 saturated heterocycles. The van der Waals surface area contributed by atoms with Crippen LogP contribution in [0.5, 0.6) is 0 Å². The normalized spacial score (nSPS) is 22.2. The molecule has 186 valence electrons. The highest BCUT2D eigenvalue weighted by atomic mass is 32.2. The molecule has 33 heavy (non-hydrogen) atoms. The number of benzene rings is 1. The second-order valence-corrected chi connectivity index (χ2v) is 17.4. The molecule has 2 rings (SSSR count). The van der Waals surface area contributed by atoms with Crippen molar-refractivity contribution in [3.05, 3.63) is 43.0 Å². The van der Waals surface area contributed by atoms with Gasteiger partial charge in [-0.2, -0.15) is 0 Å². The van der Waals surface area contributed by atoms with Crippen molar-refractivity contribution < 1.29 is 14.0 Å². The van der Waals surface area contributed by atoms with Crippen LogP contribution in [0.15, 0.2) is 47.9 Å². The van der Waals surface area contributed by atoms with E-state index in [1.807, 2.05) is 31.2 Å². The molecule has 0 radical (unpaired) electrons. The number of thioether (sulfide) groups is 1. The van der Waals surface area contributed by atoms with Crippen molar-refractivity contribution in [3.8, 4) is 0 Å². The zero-order valence-electron chi connectivity index (χ0n) is 21.8. The Hall–Kier alpha value is -1.04. The van der Waals surface area contributed by atoms with Gasteiger partial charge in [-0.1, -0.05) is 70.7 Å². The van der Waals surface area contributed by atoms with Crippen molar-refractivity contribution >= 4 is 26.0 Å². The lowest BCUT2D eigenvalue weighted by atomic mass is 9.94. The molecule has 1 heterocycles. The van der Waals surface area contributed by atoms with Crippen LogP contribution in [-0.4, -0.2) is 31.2 Å². The van der Waals surface area contributed by atoms with Crippen molar-refractivity contribution in [2.75, 3.05) is 0 Å². The second-order valence-electron chi connectivity index (χ2n) is 11.2. The second kappa shape index (κ2) is 12.6. The van der Waals surface area contributed by atoms with E-state index in [0.29, 0.717) is 0 Å². The number of rotatable bonds is 14. The monoisotopic (exact) mass is 490 g/mol. The van der Waals surface area contributed by atoms with Crippen LogP contribution in [-0.2, 0) is 14.0 Å². The van der Waals surface area contributed by atoms with E-state index < -0.39 is 13.1 Å². The summed E-state index contributed by atoms with van der Waals surface area (Å²) in [4.78, 5) is 14.3. The summed E-state index contributed by atoms with van der Waals surface area (Å²) in [5.74, 6) is -0.0721. The Labute approximate surface area is 208 Å². The minimum atomic E-state index is -1.96. The SMILES string of the molecule is C=CCCCCCCC[C@H](CC1(Sc2ccccc2)C[C@H](C)OC1=O)O[Si](C)(C)C(C)(C)C. The molecule has 0 amide bonds. The van der Waals surface area contributed by atoms with Crippen LogP contribution in [0.1, 0.15) is 85.5 Å². The van der Waals surface area contributed by atoms with E-state index in [2.05, 4.69) is 52.6 Å². The van der Waals surface area contributed by atoms with E-state index in [0.717, 1.165) is 37.0 Å². The average Bonchev–Trinajstić information content (AvgIpc) is 2.99. The van der Waals surface area contributed by atoms with E-state index in [4.69, 9.17) is 9.16 Å². The minimum absolute atomic E-state index is 0.0490. The Bertz CT molecular complexity index is 743. The number of carbonyl (C=O) groups excluding carboxylic acids is 1. The molecular formula is C28H46O3SSi. The van der Waals surface area contributed by atoms with E-state index in [9.17, 15) is 4.79 Å². The van der Waals surface area contributed by atoms with Crippen LogP contribution >= 0.6 is 11.8 Å². The number of esters is 1. The average molecular weight is 491 g/mol. The third-order valence-electron chi connectivity index (χ3n) is 7.11. The number of unbranched alkanes of at least 4 members (excludes halogenated alkanes) is 5. The molecule has 1 aliphatic rings. The molecule has 0 bridgehead atoms. The fourth-order valence-corrected chi connectivity index (χ4v) is 7.09. The molecule has 5 heteroatoms. The Morgan fingerprint density at radius 1 is 1.18 bits per heavy atom. The van der Waals surface area contributed by atoms with E-state index >= 15 is 0 Å². The number of cyclic esters (lactones) is 1.